The van der Waals surface area contributed by atoms with Crippen molar-refractivity contribution in [2.45, 2.75) is 12.8 Å². The Bertz CT molecular complexity index is 336. The summed E-state index contributed by atoms with van der Waals surface area (Å²) in [5, 5.41) is 17.4. The lowest BCUT2D eigenvalue weighted by Gasteiger charge is -2.07. The van der Waals surface area contributed by atoms with Crippen LogP contribution in [0.1, 0.15) is 22.3 Å². The van der Waals surface area contributed by atoms with Gasteiger partial charge >= 0.3 is 5.97 Å². The number of hydrogen-bond acceptors (Lipinski definition) is 3. The van der Waals surface area contributed by atoms with Gasteiger partial charge in [0.1, 0.15) is 0 Å². The third-order valence-corrected chi connectivity index (χ3v) is 2.03. The monoisotopic (exact) mass is 195 g/mol. The number of aryl methyl sites for hydroxylation is 1. The van der Waals surface area contributed by atoms with E-state index in [4.69, 9.17) is 15.9 Å². The number of aliphatic hydroxyl groups excluding tert-OH is 1. The maximum absolute atomic E-state index is 10.7. The summed E-state index contributed by atoms with van der Waals surface area (Å²) in [7, 11) is 0. The Balaban J connectivity index is 2.95. The summed E-state index contributed by atoms with van der Waals surface area (Å²) in [5.74, 6) is -1.02. The number of aromatic carboxylic acids is 1. The van der Waals surface area contributed by atoms with Gasteiger partial charge in [-0.25, -0.2) is 4.79 Å². The molecule has 0 atom stereocenters. The smallest absolute Gasteiger partial charge is 0.337 e. The zero-order chi connectivity index (χ0) is 10.6. The molecule has 1 aromatic rings. The van der Waals surface area contributed by atoms with Crippen LogP contribution in [0.15, 0.2) is 18.2 Å². The average Bonchev–Trinajstić information content (AvgIpc) is 2.16. The highest BCUT2D eigenvalue weighted by molar-refractivity contribution is 5.94. The number of para-hydroxylation sites is 1. The lowest BCUT2D eigenvalue weighted by atomic mass is 10.0. The zero-order valence-corrected chi connectivity index (χ0v) is 7.73. The minimum absolute atomic E-state index is 0.0801. The van der Waals surface area contributed by atoms with E-state index in [1.165, 1.54) is 6.07 Å². The van der Waals surface area contributed by atoms with Gasteiger partial charge in [-0.15, -0.1) is 0 Å². The van der Waals surface area contributed by atoms with Crippen molar-refractivity contribution in [2.24, 2.45) is 0 Å². The first-order valence-corrected chi connectivity index (χ1v) is 4.38. The predicted molar refractivity (Wildman–Crippen MR) is 53.2 cm³/mol. The number of carbonyl (C=O) groups is 1. The van der Waals surface area contributed by atoms with Crippen LogP contribution in [0.3, 0.4) is 0 Å². The second-order valence-electron chi connectivity index (χ2n) is 3.01. The molecule has 4 nitrogen and oxygen atoms in total. The van der Waals surface area contributed by atoms with Gasteiger partial charge in [0.2, 0.25) is 0 Å². The third-order valence-electron chi connectivity index (χ3n) is 2.03. The van der Waals surface area contributed by atoms with Crippen molar-refractivity contribution in [3.05, 3.63) is 29.3 Å². The van der Waals surface area contributed by atoms with E-state index in [2.05, 4.69) is 0 Å². The van der Waals surface area contributed by atoms with E-state index in [0.29, 0.717) is 18.5 Å². The molecule has 0 aromatic heterocycles. The fraction of sp³-hybridized carbons (Fsp3) is 0.300. The highest BCUT2D eigenvalue weighted by atomic mass is 16.4. The summed E-state index contributed by atoms with van der Waals surface area (Å²) in [6.07, 6.45) is 1.19. The average molecular weight is 195 g/mol. The molecule has 14 heavy (non-hydrogen) atoms. The number of nitrogen functional groups attached to an aromatic ring is 1. The Hall–Kier alpha value is -1.55. The molecule has 1 rings (SSSR count). The molecule has 0 saturated heterocycles. The van der Waals surface area contributed by atoms with Crippen LogP contribution in [0, 0.1) is 0 Å². The number of hydrogen-bond donors (Lipinski definition) is 3. The molecule has 0 aliphatic carbocycles. The van der Waals surface area contributed by atoms with Crippen LogP contribution >= 0.6 is 0 Å². The van der Waals surface area contributed by atoms with Crippen LogP contribution < -0.4 is 5.73 Å². The highest BCUT2D eigenvalue weighted by Gasteiger charge is 2.09. The van der Waals surface area contributed by atoms with Crippen molar-refractivity contribution in [1.29, 1.82) is 0 Å². The molecule has 0 unspecified atom stereocenters. The fourth-order valence-corrected chi connectivity index (χ4v) is 1.29. The lowest BCUT2D eigenvalue weighted by Crippen LogP contribution is -2.05. The van der Waals surface area contributed by atoms with Crippen LogP contribution in [-0.4, -0.2) is 22.8 Å². The van der Waals surface area contributed by atoms with Crippen molar-refractivity contribution in [2.75, 3.05) is 12.3 Å². The summed E-state index contributed by atoms with van der Waals surface area (Å²) in [5.41, 5.74) is 6.86. The molecule has 4 N–H and O–H groups in total. The number of carboxylic acid groups (broad SMARTS) is 1. The molecule has 0 spiro atoms. The Morgan fingerprint density at radius 1 is 1.43 bits per heavy atom. The SMILES string of the molecule is Nc1c(CCCO)cccc1C(=O)O. The lowest BCUT2D eigenvalue weighted by molar-refractivity contribution is 0.0698. The number of anilines is 1. The van der Waals surface area contributed by atoms with Gasteiger partial charge in [0, 0.05) is 12.3 Å². The van der Waals surface area contributed by atoms with E-state index in [1.807, 2.05) is 0 Å². The molecular weight excluding hydrogens is 182 g/mol. The quantitative estimate of drug-likeness (QED) is 0.623. The maximum Gasteiger partial charge on any atom is 0.337 e. The molecule has 0 saturated carbocycles. The molecule has 0 fully saturated rings. The Morgan fingerprint density at radius 2 is 2.14 bits per heavy atom. The number of carboxylic acids is 1. The van der Waals surface area contributed by atoms with Gasteiger partial charge in [0.25, 0.3) is 0 Å². The molecule has 0 aliphatic heterocycles. The number of aliphatic hydroxyl groups is 1. The molecule has 76 valence electrons. The summed E-state index contributed by atoms with van der Waals surface area (Å²) in [6.45, 7) is 0.0801. The van der Waals surface area contributed by atoms with Crippen molar-refractivity contribution in [3.8, 4) is 0 Å². The second kappa shape index (κ2) is 4.62. The standard InChI is InChI=1S/C10H13NO3/c11-9-7(4-2-6-12)3-1-5-8(9)10(13)14/h1,3,5,12H,2,4,6,11H2,(H,13,14). The molecule has 0 bridgehead atoms. The van der Waals surface area contributed by atoms with Crippen molar-refractivity contribution in [3.63, 3.8) is 0 Å². The highest BCUT2D eigenvalue weighted by Crippen LogP contribution is 2.18. The Morgan fingerprint density at radius 3 is 2.71 bits per heavy atom. The molecular formula is C10H13NO3. The van der Waals surface area contributed by atoms with E-state index < -0.39 is 5.97 Å². The van der Waals surface area contributed by atoms with Gasteiger partial charge in [-0.2, -0.15) is 0 Å². The molecule has 0 heterocycles. The van der Waals surface area contributed by atoms with Crippen LogP contribution in [-0.2, 0) is 6.42 Å². The van der Waals surface area contributed by atoms with Gasteiger partial charge in [0.05, 0.1) is 5.56 Å². The normalized spacial score (nSPS) is 10.1. The summed E-state index contributed by atoms with van der Waals surface area (Å²) in [4.78, 5) is 10.7. The van der Waals surface area contributed by atoms with Crippen LogP contribution in [0.5, 0.6) is 0 Å². The molecule has 0 aliphatic rings. The number of rotatable bonds is 4. The first-order valence-electron chi connectivity index (χ1n) is 4.38. The summed E-state index contributed by atoms with van der Waals surface area (Å²) < 4.78 is 0. The van der Waals surface area contributed by atoms with Crippen molar-refractivity contribution in [1.82, 2.24) is 0 Å². The van der Waals surface area contributed by atoms with Gasteiger partial charge < -0.3 is 15.9 Å². The predicted octanol–water partition coefficient (Wildman–Crippen LogP) is 0.892. The number of nitrogens with two attached hydrogens (primary N) is 1. The molecule has 0 amide bonds. The molecule has 1 aromatic carbocycles. The summed E-state index contributed by atoms with van der Waals surface area (Å²) >= 11 is 0. The topological polar surface area (TPSA) is 83.5 Å². The van der Waals surface area contributed by atoms with E-state index in [0.717, 1.165) is 5.56 Å². The number of benzene rings is 1. The fourth-order valence-electron chi connectivity index (χ4n) is 1.29. The minimum Gasteiger partial charge on any atom is -0.478 e. The van der Waals surface area contributed by atoms with E-state index >= 15 is 0 Å². The van der Waals surface area contributed by atoms with Gasteiger partial charge in [0.15, 0.2) is 0 Å². The molecule has 4 heteroatoms. The van der Waals surface area contributed by atoms with Crippen LogP contribution in [0.25, 0.3) is 0 Å². The maximum atomic E-state index is 10.7. The second-order valence-corrected chi connectivity index (χ2v) is 3.01. The third kappa shape index (κ3) is 2.23. The van der Waals surface area contributed by atoms with E-state index in [1.54, 1.807) is 12.1 Å². The minimum atomic E-state index is -1.02. The van der Waals surface area contributed by atoms with Crippen molar-refractivity contribution >= 4 is 11.7 Å². The van der Waals surface area contributed by atoms with Crippen LogP contribution in [0.4, 0.5) is 5.69 Å². The summed E-state index contributed by atoms with van der Waals surface area (Å²) in [6, 6.07) is 4.91. The largest absolute Gasteiger partial charge is 0.478 e. The van der Waals surface area contributed by atoms with E-state index in [-0.39, 0.29) is 12.2 Å². The van der Waals surface area contributed by atoms with Gasteiger partial charge in [-0.1, -0.05) is 12.1 Å². The van der Waals surface area contributed by atoms with Crippen LogP contribution in [0.2, 0.25) is 0 Å². The Kier molecular flexibility index (Phi) is 3.48. The first kappa shape index (κ1) is 10.5. The van der Waals surface area contributed by atoms with E-state index in [9.17, 15) is 4.79 Å². The van der Waals surface area contributed by atoms with Gasteiger partial charge in [-0.3, -0.25) is 0 Å². The Labute approximate surface area is 82.0 Å². The first-order chi connectivity index (χ1) is 6.66. The zero-order valence-electron chi connectivity index (χ0n) is 7.73. The van der Waals surface area contributed by atoms with Crippen molar-refractivity contribution < 1.29 is 15.0 Å². The molecule has 0 radical (unpaired) electrons. The van der Waals surface area contributed by atoms with Gasteiger partial charge in [-0.05, 0) is 24.5 Å².